The van der Waals surface area contributed by atoms with Crippen molar-refractivity contribution in [3.63, 3.8) is 0 Å². The van der Waals surface area contributed by atoms with E-state index in [1.54, 1.807) is 6.07 Å². The molecule has 0 aliphatic carbocycles. The molecule has 0 atom stereocenters. The predicted octanol–water partition coefficient (Wildman–Crippen LogP) is 3.27. The van der Waals surface area contributed by atoms with Gasteiger partial charge in [-0.25, -0.2) is 0 Å². The van der Waals surface area contributed by atoms with Gasteiger partial charge >= 0.3 is 0 Å². The molecule has 21 heavy (non-hydrogen) atoms. The Kier molecular flexibility index (Phi) is 3.64. The minimum absolute atomic E-state index is 0.00366. The molecule has 1 aromatic carbocycles. The zero-order valence-corrected chi connectivity index (χ0v) is 13.0. The van der Waals surface area contributed by atoms with E-state index in [0.717, 1.165) is 33.7 Å². The van der Waals surface area contributed by atoms with Crippen LogP contribution in [0, 0.1) is 13.8 Å². The molecule has 1 aliphatic rings. The van der Waals surface area contributed by atoms with Crippen LogP contribution < -0.4 is 5.32 Å². The van der Waals surface area contributed by atoms with Crippen molar-refractivity contribution in [2.45, 2.75) is 26.7 Å². The first-order chi connectivity index (χ1) is 10.1. The number of amides is 1. The van der Waals surface area contributed by atoms with Gasteiger partial charge in [-0.1, -0.05) is 12.1 Å². The number of benzene rings is 1. The van der Waals surface area contributed by atoms with E-state index in [4.69, 9.17) is 0 Å². The van der Waals surface area contributed by atoms with Crippen LogP contribution in [-0.4, -0.2) is 18.2 Å². The molecule has 1 aliphatic heterocycles. The van der Waals surface area contributed by atoms with E-state index in [-0.39, 0.29) is 11.7 Å². The number of carbonyl (C=O) groups is 2. The Morgan fingerprint density at radius 2 is 2.05 bits per heavy atom. The van der Waals surface area contributed by atoms with Crippen molar-refractivity contribution in [3.05, 3.63) is 56.3 Å². The maximum atomic E-state index is 12.6. The van der Waals surface area contributed by atoms with Crippen LogP contribution in [0.3, 0.4) is 0 Å². The molecule has 2 aromatic rings. The van der Waals surface area contributed by atoms with Crippen molar-refractivity contribution in [2.24, 2.45) is 0 Å². The number of aryl methyl sites for hydroxylation is 3. The van der Waals surface area contributed by atoms with Gasteiger partial charge in [0, 0.05) is 22.5 Å². The number of thiophene rings is 1. The highest BCUT2D eigenvalue weighted by molar-refractivity contribution is 7.14. The van der Waals surface area contributed by atoms with Gasteiger partial charge in [-0.15, -0.1) is 11.3 Å². The highest BCUT2D eigenvalue weighted by atomic mass is 32.1. The second-order valence-electron chi connectivity index (χ2n) is 5.41. The largest absolute Gasteiger partial charge is 0.352 e. The van der Waals surface area contributed by atoms with E-state index in [2.05, 4.69) is 5.32 Å². The molecule has 2 heterocycles. The standard InChI is InChI=1S/C17H17NO2S/c1-10-8-15(21-11(10)2)16(19)13-6-5-12-4-3-7-18-17(20)14(12)9-13/h5-6,8-9H,3-4,7H2,1-2H3,(H,18,20). The molecule has 0 spiro atoms. The SMILES string of the molecule is Cc1cc(C(=O)c2ccc3c(c2)C(=O)NCCC3)sc1C. The first-order valence-electron chi connectivity index (χ1n) is 7.09. The molecule has 3 rings (SSSR count). The van der Waals surface area contributed by atoms with E-state index in [9.17, 15) is 9.59 Å². The van der Waals surface area contributed by atoms with Crippen LogP contribution in [0.5, 0.6) is 0 Å². The molecule has 1 aromatic heterocycles. The molecule has 0 saturated carbocycles. The smallest absolute Gasteiger partial charge is 0.251 e. The van der Waals surface area contributed by atoms with Crippen molar-refractivity contribution in [3.8, 4) is 0 Å². The van der Waals surface area contributed by atoms with Gasteiger partial charge in [0.1, 0.15) is 0 Å². The lowest BCUT2D eigenvalue weighted by Crippen LogP contribution is -2.22. The van der Waals surface area contributed by atoms with Crippen LogP contribution in [0.2, 0.25) is 0 Å². The van der Waals surface area contributed by atoms with Crippen molar-refractivity contribution < 1.29 is 9.59 Å². The summed E-state index contributed by atoms with van der Waals surface area (Å²) >= 11 is 1.51. The highest BCUT2D eigenvalue weighted by Crippen LogP contribution is 2.25. The summed E-state index contributed by atoms with van der Waals surface area (Å²) in [5.74, 6) is -0.0771. The van der Waals surface area contributed by atoms with Gasteiger partial charge in [-0.05, 0) is 49.9 Å². The monoisotopic (exact) mass is 299 g/mol. The topological polar surface area (TPSA) is 46.2 Å². The van der Waals surface area contributed by atoms with Gasteiger partial charge < -0.3 is 5.32 Å². The number of hydrogen-bond acceptors (Lipinski definition) is 3. The molecule has 0 unspecified atom stereocenters. The van der Waals surface area contributed by atoms with E-state index >= 15 is 0 Å². The summed E-state index contributed by atoms with van der Waals surface area (Å²) in [5.41, 5.74) is 3.39. The second-order valence-corrected chi connectivity index (χ2v) is 6.67. The Bertz CT molecular complexity index is 711. The Morgan fingerprint density at radius 1 is 1.24 bits per heavy atom. The van der Waals surface area contributed by atoms with Crippen LogP contribution in [0.1, 0.15) is 48.0 Å². The maximum absolute atomic E-state index is 12.6. The number of hydrogen-bond donors (Lipinski definition) is 1. The molecule has 0 fully saturated rings. The number of rotatable bonds is 2. The molecule has 0 saturated heterocycles. The molecule has 108 valence electrons. The molecule has 1 amide bonds. The summed E-state index contributed by atoms with van der Waals surface area (Å²) in [6.07, 6.45) is 1.81. The lowest BCUT2D eigenvalue weighted by atomic mass is 9.98. The summed E-state index contributed by atoms with van der Waals surface area (Å²) in [4.78, 5) is 26.5. The van der Waals surface area contributed by atoms with Crippen molar-refractivity contribution >= 4 is 23.0 Å². The fourth-order valence-corrected chi connectivity index (χ4v) is 3.55. The second kappa shape index (κ2) is 5.45. The van der Waals surface area contributed by atoms with E-state index in [0.29, 0.717) is 17.7 Å². The quantitative estimate of drug-likeness (QED) is 0.865. The number of fused-ring (bicyclic) bond motifs is 1. The third kappa shape index (κ3) is 2.63. The molecule has 3 nitrogen and oxygen atoms in total. The van der Waals surface area contributed by atoms with E-state index in [1.807, 2.05) is 32.0 Å². The van der Waals surface area contributed by atoms with E-state index < -0.39 is 0 Å². The average molecular weight is 299 g/mol. The minimum atomic E-state index is -0.0734. The molecule has 0 radical (unpaired) electrons. The zero-order chi connectivity index (χ0) is 15.0. The van der Waals surface area contributed by atoms with Gasteiger partial charge in [-0.3, -0.25) is 9.59 Å². The third-order valence-corrected chi connectivity index (χ3v) is 5.07. The first-order valence-corrected chi connectivity index (χ1v) is 7.91. The Morgan fingerprint density at radius 3 is 2.76 bits per heavy atom. The van der Waals surface area contributed by atoms with Crippen LogP contribution in [0.15, 0.2) is 24.3 Å². The van der Waals surface area contributed by atoms with Gasteiger partial charge in [0.05, 0.1) is 4.88 Å². The lowest BCUT2D eigenvalue weighted by Gasteiger charge is -2.06. The fourth-order valence-electron chi connectivity index (χ4n) is 2.55. The van der Waals surface area contributed by atoms with Gasteiger partial charge in [0.25, 0.3) is 5.91 Å². The fraction of sp³-hybridized carbons (Fsp3) is 0.294. The van der Waals surface area contributed by atoms with Gasteiger partial charge in [0.15, 0.2) is 0 Å². The van der Waals surface area contributed by atoms with Crippen LogP contribution in [-0.2, 0) is 6.42 Å². The predicted molar refractivity (Wildman–Crippen MR) is 84.3 cm³/mol. The Hall–Kier alpha value is -1.94. The van der Waals surface area contributed by atoms with E-state index in [1.165, 1.54) is 11.3 Å². The van der Waals surface area contributed by atoms with Gasteiger partial charge in [-0.2, -0.15) is 0 Å². The number of carbonyl (C=O) groups excluding carboxylic acids is 2. The summed E-state index contributed by atoms with van der Waals surface area (Å²) in [6, 6.07) is 7.42. The van der Waals surface area contributed by atoms with Crippen molar-refractivity contribution in [1.29, 1.82) is 0 Å². The normalized spacial score (nSPS) is 14.3. The molecular weight excluding hydrogens is 282 g/mol. The summed E-state index contributed by atoms with van der Waals surface area (Å²) in [7, 11) is 0. The average Bonchev–Trinajstić information content (AvgIpc) is 2.70. The minimum Gasteiger partial charge on any atom is -0.352 e. The Labute approximate surface area is 128 Å². The van der Waals surface area contributed by atoms with Crippen LogP contribution in [0.4, 0.5) is 0 Å². The number of nitrogens with one attached hydrogen (secondary N) is 1. The summed E-state index contributed by atoms with van der Waals surface area (Å²) in [6.45, 7) is 4.72. The lowest BCUT2D eigenvalue weighted by molar-refractivity contribution is 0.0956. The third-order valence-electron chi connectivity index (χ3n) is 3.91. The van der Waals surface area contributed by atoms with Crippen LogP contribution in [0.25, 0.3) is 0 Å². The first kappa shape index (κ1) is 14.0. The number of ketones is 1. The highest BCUT2D eigenvalue weighted by Gasteiger charge is 2.19. The molecule has 1 N–H and O–H groups in total. The molecule has 4 heteroatoms. The summed E-state index contributed by atoms with van der Waals surface area (Å²) in [5, 5.41) is 2.87. The van der Waals surface area contributed by atoms with Crippen molar-refractivity contribution in [2.75, 3.05) is 6.54 Å². The zero-order valence-electron chi connectivity index (χ0n) is 12.2. The Balaban J connectivity index is 2.00. The van der Waals surface area contributed by atoms with Gasteiger partial charge in [0.2, 0.25) is 5.78 Å². The molecule has 0 bridgehead atoms. The van der Waals surface area contributed by atoms with Crippen LogP contribution >= 0.6 is 11.3 Å². The maximum Gasteiger partial charge on any atom is 0.251 e. The summed E-state index contributed by atoms with van der Waals surface area (Å²) < 4.78 is 0. The van der Waals surface area contributed by atoms with Crippen molar-refractivity contribution in [1.82, 2.24) is 5.32 Å². The molecular formula is C17H17NO2S.